The van der Waals surface area contributed by atoms with E-state index in [4.69, 9.17) is 4.74 Å². The van der Waals surface area contributed by atoms with Gasteiger partial charge in [-0.15, -0.1) is 0 Å². The quantitative estimate of drug-likeness (QED) is 0.673. The molecule has 0 radical (unpaired) electrons. The van der Waals surface area contributed by atoms with Crippen LogP contribution in [0.1, 0.15) is 18.9 Å². The minimum absolute atomic E-state index is 0.456. The van der Waals surface area contributed by atoms with E-state index in [2.05, 4.69) is 37.3 Å². The number of ether oxygens (including phenoxy) is 1. The molecular weight excluding hydrogens is 160 g/mol. The van der Waals surface area contributed by atoms with Gasteiger partial charge in [0.25, 0.3) is 0 Å². The molecule has 1 heteroatoms. The zero-order valence-corrected chi connectivity index (χ0v) is 8.07. The van der Waals surface area contributed by atoms with Crippen LogP contribution in [-0.4, -0.2) is 12.7 Å². The lowest BCUT2D eigenvalue weighted by molar-refractivity contribution is 0.108. The van der Waals surface area contributed by atoms with Crippen molar-refractivity contribution in [3.63, 3.8) is 0 Å². The summed E-state index contributed by atoms with van der Waals surface area (Å²) in [6.07, 6.45) is 2.75. The van der Waals surface area contributed by atoms with Crippen molar-refractivity contribution in [2.45, 2.75) is 25.9 Å². The molecule has 2 rings (SSSR count). The van der Waals surface area contributed by atoms with Crippen molar-refractivity contribution >= 4 is 0 Å². The first kappa shape index (κ1) is 8.76. The lowest BCUT2D eigenvalue weighted by Crippen LogP contribution is -2.08. The Bertz CT molecular complexity index is 255. The third-order valence-electron chi connectivity index (χ3n) is 2.59. The number of hydrogen-bond donors (Lipinski definition) is 0. The van der Waals surface area contributed by atoms with Crippen LogP contribution in [0.3, 0.4) is 0 Å². The van der Waals surface area contributed by atoms with Gasteiger partial charge in [-0.25, -0.2) is 0 Å². The lowest BCUT2D eigenvalue weighted by atomic mass is 10.0. The minimum atomic E-state index is 0.456. The highest BCUT2D eigenvalue weighted by Crippen LogP contribution is 2.21. The Kier molecular flexibility index (Phi) is 2.65. The molecular formula is C12H16O. The molecule has 0 bridgehead atoms. The normalized spacial score (nSPS) is 27.8. The molecule has 0 aromatic heterocycles. The third-order valence-corrected chi connectivity index (χ3v) is 2.59. The van der Waals surface area contributed by atoms with E-state index < -0.39 is 0 Å². The standard InChI is InChI=1S/C12H16O/c1-10-7-12(13-9-10)8-11-5-3-2-4-6-11/h2-6,10,12H,7-9H2,1H3/t10-,12?/m1/s1. The van der Waals surface area contributed by atoms with E-state index in [9.17, 15) is 0 Å². The van der Waals surface area contributed by atoms with E-state index >= 15 is 0 Å². The second-order valence-electron chi connectivity index (χ2n) is 3.99. The van der Waals surface area contributed by atoms with E-state index in [1.165, 1.54) is 12.0 Å². The number of benzene rings is 1. The van der Waals surface area contributed by atoms with Gasteiger partial charge >= 0.3 is 0 Å². The molecule has 1 aromatic carbocycles. The van der Waals surface area contributed by atoms with Crippen molar-refractivity contribution in [1.29, 1.82) is 0 Å². The predicted octanol–water partition coefficient (Wildman–Crippen LogP) is 2.65. The smallest absolute Gasteiger partial charge is 0.0618 e. The van der Waals surface area contributed by atoms with Gasteiger partial charge in [-0.1, -0.05) is 37.3 Å². The highest BCUT2D eigenvalue weighted by Gasteiger charge is 2.21. The molecule has 0 saturated carbocycles. The Morgan fingerprint density at radius 2 is 2.08 bits per heavy atom. The summed E-state index contributed by atoms with van der Waals surface area (Å²) in [6.45, 7) is 3.20. The molecule has 1 aliphatic heterocycles. The van der Waals surface area contributed by atoms with Crippen LogP contribution < -0.4 is 0 Å². The van der Waals surface area contributed by atoms with E-state index in [-0.39, 0.29) is 0 Å². The first-order valence-corrected chi connectivity index (χ1v) is 5.00. The Morgan fingerprint density at radius 3 is 2.69 bits per heavy atom. The molecule has 1 saturated heterocycles. The zero-order valence-electron chi connectivity index (χ0n) is 8.07. The predicted molar refractivity (Wildman–Crippen MR) is 53.7 cm³/mol. The molecule has 1 fully saturated rings. The summed E-state index contributed by atoms with van der Waals surface area (Å²) in [5.74, 6) is 0.744. The van der Waals surface area contributed by atoms with Crippen LogP contribution in [0, 0.1) is 5.92 Å². The van der Waals surface area contributed by atoms with Gasteiger partial charge in [0.15, 0.2) is 0 Å². The molecule has 70 valence electrons. The summed E-state index contributed by atoms with van der Waals surface area (Å²) in [6, 6.07) is 10.6. The Morgan fingerprint density at radius 1 is 1.31 bits per heavy atom. The van der Waals surface area contributed by atoms with Crippen LogP contribution >= 0.6 is 0 Å². The maximum absolute atomic E-state index is 5.67. The van der Waals surface area contributed by atoms with Crippen LogP contribution in [0.25, 0.3) is 0 Å². The van der Waals surface area contributed by atoms with Crippen molar-refractivity contribution in [1.82, 2.24) is 0 Å². The monoisotopic (exact) mass is 176 g/mol. The minimum Gasteiger partial charge on any atom is -0.378 e. The molecule has 0 spiro atoms. The molecule has 0 aliphatic carbocycles. The van der Waals surface area contributed by atoms with Crippen LogP contribution in [0.15, 0.2) is 30.3 Å². The topological polar surface area (TPSA) is 9.23 Å². The molecule has 1 unspecified atom stereocenters. The summed E-state index contributed by atoms with van der Waals surface area (Å²) in [5.41, 5.74) is 1.39. The van der Waals surface area contributed by atoms with Crippen molar-refractivity contribution in [2.24, 2.45) is 5.92 Å². The molecule has 1 nitrogen and oxygen atoms in total. The van der Waals surface area contributed by atoms with Crippen LogP contribution in [0.5, 0.6) is 0 Å². The van der Waals surface area contributed by atoms with Gasteiger partial charge in [0.05, 0.1) is 6.10 Å². The Balaban J connectivity index is 1.92. The number of rotatable bonds is 2. The van der Waals surface area contributed by atoms with Gasteiger partial charge in [0.1, 0.15) is 0 Å². The Hall–Kier alpha value is -0.820. The highest BCUT2D eigenvalue weighted by atomic mass is 16.5. The van der Waals surface area contributed by atoms with E-state index in [1.54, 1.807) is 0 Å². The summed E-state index contributed by atoms with van der Waals surface area (Å²) < 4.78 is 5.67. The fourth-order valence-corrected chi connectivity index (χ4v) is 1.90. The Labute approximate surface area is 79.7 Å². The summed E-state index contributed by atoms with van der Waals surface area (Å²) >= 11 is 0. The van der Waals surface area contributed by atoms with Crippen LogP contribution in [0.2, 0.25) is 0 Å². The second-order valence-corrected chi connectivity index (χ2v) is 3.99. The fraction of sp³-hybridized carbons (Fsp3) is 0.500. The lowest BCUT2D eigenvalue weighted by Gasteiger charge is -2.08. The SMILES string of the molecule is C[C@H]1COC(Cc2ccccc2)C1. The number of hydrogen-bond acceptors (Lipinski definition) is 1. The zero-order chi connectivity index (χ0) is 9.10. The van der Waals surface area contributed by atoms with E-state index in [0.717, 1.165) is 18.9 Å². The largest absolute Gasteiger partial charge is 0.378 e. The van der Waals surface area contributed by atoms with Crippen LogP contribution in [0.4, 0.5) is 0 Å². The maximum atomic E-state index is 5.67. The first-order chi connectivity index (χ1) is 6.34. The molecule has 0 amide bonds. The van der Waals surface area contributed by atoms with Gasteiger partial charge in [-0.05, 0) is 24.3 Å². The molecule has 2 atom stereocenters. The van der Waals surface area contributed by atoms with E-state index in [0.29, 0.717) is 6.10 Å². The van der Waals surface area contributed by atoms with Crippen molar-refractivity contribution in [2.75, 3.05) is 6.61 Å². The van der Waals surface area contributed by atoms with Crippen molar-refractivity contribution in [3.8, 4) is 0 Å². The summed E-state index contributed by atoms with van der Waals surface area (Å²) in [4.78, 5) is 0. The van der Waals surface area contributed by atoms with Gasteiger partial charge in [-0.2, -0.15) is 0 Å². The average Bonchev–Trinajstić information content (AvgIpc) is 2.53. The molecule has 1 aromatic rings. The van der Waals surface area contributed by atoms with Crippen LogP contribution in [-0.2, 0) is 11.2 Å². The summed E-state index contributed by atoms with van der Waals surface area (Å²) in [7, 11) is 0. The molecule has 1 aliphatic rings. The fourth-order valence-electron chi connectivity index (χ4n) is 1.90. The molecule has 0 N–H and O–H groups in total. The van der Waals surface area contributed by atoms with Gasteiger partial charge in [0.2, 0.25) is 0 Å². The van der Waals surface area contributed by atoms with E-state index in [1.807, 2.05) is 0 Å². The molecule has 13 heavy (non-hydrogen) atoms. The third kappa shape index (κ3) is 2.31. The average molecular weight is 176 g/mol. The van der Waals surface area contributed by atoms with Crippen molar-refractivity contribution in [3.05, 3.63) is 35.9 Å². The first-order valence-electron chi connectivity index (χ1n) is 5.00. The maximum Gasteiger partial charge on any atom is 0.0618 e. The van der Waals surface area contributed by atoms with Crippen molar-refractivity contribution < 1.29 is 4.74 Å². The van der Waals surface area contributed by atoms with Gasteiger partial charge < -0.3 is 4.74 Å². The van der Waals surface area contributed by atoms with Gasteiger partial charge in [-0.3, -0.25) is 0 Å². The molecule has 1 heterocycles. The second kappa shape index (κ2) is 3.93. The highest BCUT2D eigenvalue weighted by molar-refractivity contribution is 5.15. The summed E-state index contributed by atoms with van der Waals surface area (Å²) in [5, 5.41) is 0. The van der Waals surface area contributed by atoms with Gasteiger partial charge in [0, 0.05) is 6.61 Å².